The van der Waals surface area contributed by atoms with E-state index in [2.05, 4.69) is 53.1 Å². The van der Waals surface area contributed by atoms with Crippen molar-refractivity contribution in [2.24, 2.45) is 17.8 Å². The highest BCUT2D eigenvalue weighted by Gasteiger charge is 2.53. The van der Waals surface area contributed by atoms with Crippen molar-refractivity contribution in [1.29, 1.82) is 0 Å². The Labute approximate surface area is 167 Å². The van der Waals surface area contributed by atoms with Crippen molar-refractivity contribution in [3.8, 4) is 0 Å². The molecule has 1 aliphatic heterocycles. The first-order valence-corrected chi connectivity index (χ1v) is 10.7. The van der Waals surface area contributed by atoms with E-state index < -0.39 is 0 Å². The Kier molecular flexibility index (Phi) is 4.04. The Hall–Kier alpha value is -2.29. The van der Waals surface area contributed by atoms with Gasteiger partial charge in [-0.3, -0.25) is 4.79 Å². The van der Waals surface area contributed by atoms with Crippen molar-refractivity contribution in [1.82, 2.24) is 5.32 Å². The molecule has 0 radical (unpaired) electrons. The summed E-state index contributed by atoms with van der Waals surface area (Å²) in [6, 6.07) is 17.6. The van der Waals surface area contributed by atoms with Crippen LogP contribution < -0.4 is 10.6 Å². The molecule has 0 aromatic heterocycles. The maximum Gasteiger partial charge on any atom is 0.251 e. The minimum absolute atomic E-state index is 0.0280. The van der Waals surface area contributed by atoms with E-state index in [1.165, 1.54) is 36.1 Å². The zero-order valence-corrected chi connectivity index (χ0v) is 17.0. The molecule has 5 atom stereocenters. The van der Waals surface area contributed by atoms with Gasteiger partial charge >= 0.3 is 0 Å². The third-order valence-electron chi connectivity index (χ3n) is 7.00. The molecule has 1 amide bonds. The highest BCUT2D eigenvalue weighted by atomic mass is 16.1. The Balaban J connectivity index is 1.54. The smallest absolute Gasteiger partial charge is 0.251 e. The second-order valence-corrected chi connectivity index (χ2v) is 9.98. The molecule has 2 aliphatic carbocycles. The zero-order chi connectivity index (χ0) is 19.5. The second-order valence-electron chi connectivity index (χ2n) is 9.98. The molecule has 5 rings (SSSR count). The van der Waals surface area contributed by atoms with E-state index in [1.54, 1.807) is 0 Å². The molecule has 1 heterocycles. The fraction of sp³-hybridized carbons (Fsp3) is 0.480. The molecule has 3 nitrogen and oxygen atoms in total. The van der Waals surface area contributed by atoms with Crippen molar-refractivity contribution < 1.29 is 4.79 Å². The second kappa shape index (κ2) is 6.37. The predicted molar refractivity (Wildman–Crippen MR) is 114 cm³/mol. The van der Waals surface area contributed by atoms with E-state index >= 15 is 0 Å². The lowest BCUT2D eigenvalue weighted by atomic mass is 9.68. The van der Waals surface area contributed by atoms with E-state index in [4.69, 9.17) is 0 Å². The van der Waals surface area contributed by atoms with E-state index in [1.807, 2.05) is 26.8 Å². The maximum atomic E-state index is 12.8. The van der Waals surface area contributed by atoms with Gasteiger partial charge in [-0.1, -0.05) is 30.3 Å². The molecule has 3 heteroatoms. The monoisotopic (exact) mass is 374 g/mol. The van der Waals surface area contributed by atoms with Gasteiger partial charge in [0.1, 0.15) is 0 Å². The number of nitrogens with one attached hydrogen (secondary N) is 2. The molecular formula is C25H30N2O. The van der Waals surface area contributed by atoms with Crippen LogP contribution in [0.2, 0.25) is 0 Å². The zero-order valence-electron chi connectivity index (χ0n) is 17.0. The SMILES string of the molecule is CC(C)(C)NC(=O)c1ccc2c(c1)[C@H]1[C@@H]3CC[C@@H](C3)[C@@H]1[C@@H](c1ccccc1)N2. The van der Waals surface area contributed by atoms with Crippen LogP contribution in [0.5, 0.6) is 0 Å². The fourth-order valence-electron chi connectivity index (χ4n) is 6.03. The third-order valence-corrected chi connectivity index (χ3v) is 7.00. The number of carbonyl (C=O) groups is 1. The van der Waals surface area contributed by atoms with E-state index in [0.29, 0.717) is 17.9 Å². The standard InChI is InChI=1S/C25H30N2O/c1-25(2,3)27-24(28)18-11-12-20-19(14-18)21-16-9-10-17(13-16)22(21)23(26-20)15-7-5-4-6-8-15/h4-8,11-12,14,16-17,21-23,26H,9-10,13H2,1-3H3,(H,27,28)/t16-,17+,21-,22+,23-/m1/s1. The van der Waals surface area contributed by atoms with Crippen molar-refractivity contribution in [3.05, 3.63) is 65.2 Å². The predicted octanol–water partition coefficient (Wildman–Crippen LogP) is 5.51. The molecule has 2 fully saturated rings. The van der Waals surface area contributed by atoms with Gasteiger partial charge in [0.25, 0.3) is 5.91 Å². The van der Waals surface area contributed by atoms with Gasteiger partial charge < -0.3 is 10.6 Å². The van der Waals surface area contributed by atoms with Crippen LogP contribution in [0, 0.1) is 17.8 Å². The first-order valence-electron chi connectivity index (χ1n) is 10.7. The van der Waals surface area contributed by atoms with Crippen molar-refractivity contribution in [3.63, 3.8) is 0 Å². The van der Waals surface area contributed by atoms with E-state index in [0.717, 1.165) is 17.4 Å². The summed E-state index contributed by atoms with van der Waals surface area (Å²) >= 11 is 0. The van der Waals surface area contributed by atoms with Gasteiger partial charge in [0.2, 0.25) is 0 Å². The molecule has 2 saturated carbocycles. The van der Waals surface area contributed by atoms with Gasteiger partial charge in [-0.25, -0.2) is 0 Å². The van der Waals surface area contributed by atoms with Crippen LogP contribution in [0.3, 0.4) is 0 Å². The molecule has 28 heavy (non-hydrogen) atoms. The number of amides is 1. The Morgan fingerprint density at radius 1 is 1.04 bits per heavy atom. The number of hydrogen-bond donors (Lipinski definition) is 2. The average molecular weight is 375 g/mol. The molecule has 146 valence electrons. The molecule has 0 saturated heterocycles. The molecule has 3 aliphatic rings. The fourth-order valence-corrected chi connectivity index (χ4v) is 6.03. The molecule has 2 aromatic rings. The van der Waals surface area contributed by atoms with Gasteiger partial charge in [-0.05, 0) is 93.0 Å². The highest BCUT2D eigenvalue weighted by molar-refractivity contribution is 5.95. The lowest BCUT2D eigenvalue weighted by Gasteiger charge is -2.43. The molecule has 2 aromatic carbocycles. The normalized spacial score (nSPS) is 30.3. The Morgan fingerprint density at radius 2 is 1.79 bits per heavy atom. The van der Waals surface area contributed by atoms with E-state index in [9.17, 15) is 4.79 Å². The summed E-state index contributed by atoms with van der Waals surface area (Å²) in [6.45, 7) is 6.09. The summed E-state index contributed by atoms with van der Waals surface area (Å²) in [7, 11) is 0. The lowest BCUT2D eigenvalue weighted by Crippen LogP contribution is -2.41. The summed E-state index contributed by atoms with van der Waals surface area (Å²) in [5.41, 5.74) is 4.54. The highest BCUT2D eigenvalue weighted by Crippen LogP contribution is 2.63. The van der Waals surface area contributed by atoms with Gasteiger partial charge in [0, 0.05) is 16.8 Å². The molecule has 2 bridgehead atoms. The molecule has 2 N–H and O–H groups in total. The lowest BCUT2D eigenvalue weighted by molar-refractivity contribution is 0.0919. The van der Waals surface area contributed by atoms with Gasteiger partial charge in [-0.2, -0.15) is 0 Å². The van der Waals surface area contributed by atoms with Crippen LogP contribution in [0.15, 0.2) is 48.5 Å². The van der Waals surface area contributed by atoms with Crippen LogP contribution in [0.1, 0.15) is 73.5 Å². The number of anilines is 1. The van der Waals surface area contributed by atoms with Crippen LogP contribution in [0.4, 0.5) is 5.69 Å². The van der Waals surface area contributed by atoms with Crippen molar-refractivity contribution in [2.75, 3.05) is 5.32 Å². The summed E-state index contributed by atoms with van der Waals surface area (Å²) in [5.74, 6) is 2.80. The topological polar surface area (TPSA) is 41.1 Å². The van der Waals surface area contributed by atoms with Crippen molar-refractivity contribution in [2.45, 2.75) is 57.5 Å². The summed E-state index contributed by atoms with van der Waals surface area (Å²) in [4.78, 5) is 12.8. The number of fused-ring (bicyclic) bond motifs is 7. The summed E-state index contributed by atoms with van der Waals surface area (Å²) in [5, 5.41) is 6.96. The van der Waals surface area contributed by atoms with Crippen LogP contribution in [-0.4, -0.2) is 11.4 Å². The van der Waals surface area contributed by atoms with Gasteiger partial charge in [0.05, 0.1) is 6.04 Å². The maximum absolute atomic E-state index is 12.8. The number of rotatable bonds is 2. The molecular weight excluding hydrogens is 344 g/mol. The van der Waals surface area contributed by atoms with Crippen LogP contribution in [0.25, 0.3) is 0 Å². The molecule has 0 unspecified atom stereocenters. The minimum atomic E-state index is -0.224. The number of hydrogen-bond acceptors (Lipinski definition) is 2. The van der Waals surface area contributed by atoms with Gasteiger partial charge in [-0.15, -0.1) is 0 Å². The molecule has 0 spiro atoms. The summed E-state index contributed by atoms with van der Waals surface area (Å²) < 4.78 is 0. The van der Waals surface area contributed by atoms with E-state index in [-0.39, 0.29) is 11.4 Å². The summed E-state index contributed by atoms with van der Waals surface area (Å²) in [6.07, 6.45) is 4.04. The Morgan fingerprint density at radius 3 is 2.54 bits per heavy atom. The largest absolute Gasteiger partial charge is 0.378 e. The number of carbonyl (C=O) groups excluding carboxylic acids is 1. The van der Waals surface area contributed by atoms with Gasteiger partial charge in [0.15, 0.2) is 0 Å². The number of benzene rings is 2. The first-order chi connectivity index (χ1) is 13.4. The average Bonchev–Trinajstić information content (AvgIpc) is 3.29. The van der Waals surface area contributed by atoms with Crippen LogP contribution in [-0.2, 0) is 0 Å². The first kappa shape index (κ1) is 17.8. The quantitative estimate of drug-likeness (QED) is 0.727. The third kappa shape index (κ3) is 2.92. The minimum Gasteiger partial charge on any atom is -0.378 e. The van der Waals surface area contributed by atoms with Crippen LogP contribution >= 0.6 is 0 Å². The Bertz CT molecular complexity index is 899. The van der Waals surface area contributed by atoms with Crippen molar-refractivity contribution >= 4 is 11.6 Å².